The van der Waals surface area contributed by atoms with Crippen LogP contribution >= 0.6 is 11.6 Å². The van der Waals surface area contributed by atoms with Crippen molar-refractivity contribution in [3.05, 3.63) is 34.6 Å². The van der Waals surface area contributed by atoms with Crippen LogP contribution in [0, 0.1) is 5.82 Å². The number of aromatic nitrogens is 3. The summed E-state index contributed by atoms with van der Waals surface area (Å²) in [6, 6.07) is 1.73. The molecule has 0 unspecified atom stereocenters. The van der Waals surface area contributed by atoms with Crippen LogP contribution in [-0.2, 0) is 13.5 Å². The third-order valence-electron chi connectivity index (χ3n) is 3.93. The molecule has 0 aliphatic heterocycles. The average molecular weight is 308 g/mol. The maximum absolute atomic E-state index is 14.0. The summed E-state index contributed by atoms with van der Waals surface area (Å²) < 4.78 is 15.8. The Labute approximate surface area is 127 Å². The maximum Gasteiger partial charge on any atom is 0.223 e. The lowest BCUT2D eigenvalue weighted by Crippen LogP contribution is -2.08. The molecule has 2 heterocycles. The molecule has 0 amide bonds. The summed E-state index contributed by atoms with van der Waals surface area (Å²) >= 11 is 5.76. The van der Waals surface area contributed by atoms with E-state index in [2.05, 4.69) is 9.97 Å². The van der Waals surface area contributed by atoms with Crippen molar-refractivity contribution in [2.45, 2.75) is 32.1 Å². The fourth-order valence-corrected chi connectivity index (χ4v) is 2.96. The van der Waals surface area contributed by atoms with Crippen molar-refractivity contribution in [2.24, 2.45) is 7.05 Å². The fourth-order valence-electron chi connectivity index (χ4n) is 2.83. The van der Waals surface area contributed by atoms with E-state index in [-0.39, 0.29) is 16.8 Å². The number of halogens is 2. The number of hydrogen-bond acceptors (Lipinski definition) is 3. The minimum absolute atomic E-state index is 0.00802. The fraction of sp³-hybridized carbons (Fsp3) is 0.400. The summed E-state index contributed by atoms with van der Waals surface area (Å²) in [5.74, 6) is -0.424. The number of fused-ring (bicyclic) bond motifs is 1. The third kappa shape index (κ3) is 2.58. The molecular formula is C15H15ClFN3O. The highest BCUT2D eigenvalue weighted by Gasteiger charge is 2.22. The molecule has 6 heteroatoms. The van der Waals surface area contributed by atoms with Crippen LogP contribution in [-0.4, -0.2) is 20.3 Å². The monoisotopic (exact) mass is 307 g/mol. The number of carbonyl (C=O) groups is 1. The van der Waals surface area contributed by atoms with E-state index in [0.717, 1.165) is 37.6 Å². The van der Waals surface area contributed by atoms with Crippen LogP contribution in [0.3, 0.4) is 0 Å². The summed E-state index contributed by atoms with van der Waals surface area (Å²) in [5, 5.41) is -0.00802. The Hall–Kier alpha value is -1.75. The molecule has 21 heavy (non-hydrogen) atoms. The highest BCUT2D eigenvalue weighted by atomic mass is 35.5. The second kappa shape index (κ2) is 5.56. The molecule has 3 rings (SSSR count). The van der Waals surface area contributed by atoms with Gasteiger partial charge in [-0.15, -0.1) is 0 Å². The van der Waals surface area contributed by atoms with Gasteiger partial charge in [0, 0.05) is 24.7 Å². The van der Waals surface area contributed by atoms with Gasteiger partial charge in [-0.3, -0.25) is 4.79 Å². The Bertz CT molecular complexity index is 711. The van der Waals surface area contributed by atoms with Crippen LogP contribution in [0.1, 0.15) is 41.7 Å². The van der Waals surface area contributed by atoms with Gasteiger partial charge in [0.1, 0.15) is 5.69 Å². The van der Waals surface area contributed by atoms with Crippen molar-refractivity contribution < 1.29 is 9.18 Å². The van der Waals surface area contributed by atoms with Gasteiger partial charge in [0.05, 0.1) is 11.9 Å². The van der Waals surface area contributed by atoms with E-state index in [1.165, 1.54) is 0 Å². The van der Waals surface area contributed by atoms with Crippen LogP contribution in [0.15, 0.2) is 12.3 Å². The first-order chi connectivity index (χ1) is 10.1. The van der Waals surface area contributed by atoms with Gasteiger partial charge in [-0.1, -0.05) is 6.42 Å². The molecule has 110 valence electrons. The quantitative estimate of drug-likeness (QED) is 0.757. The van der Waals surface area contributed by atoms with Gasteiger partial charge in [-0.25, -0.2) is 14.4 Å². The normalized spacial score (nSPS) is 15.5. The van der Waals surface area contributed by atoms with E-state index < -0.39 is 5.82 Å². The molecule has 4 nitrogen and oxygen atoms in total. The van der Waals surface area contributed by atoms with Gasteiger partial charge in [-0.05, 0) is 36.9 Å². The van der Waals surface area contributed by atoms with E-state index >= 15 is 0 Å². The molecule has 0 saturated heterocycles. The van der Waals surface area contributed by atoms with E-state index in [0.29, 0.717) is 17.7 Å². The van der Waals surface area contributed by atoms with Crippen LogP contribution < -0.4 is 0 Å². The zero-order valence-corrected chi connectivity index (χ0v) is 12.5. The maximum atomic E-state index is 14.0. The minimum atomic E-state index is -0.541. The van der Waals surface area contributed by atoms with Crippen LogP contribution in [0.5, 0.6) is 0 Å². The molecule has 0 radical (unpaired) electrons. The summed E-state index contributed by atoms with van der Waals surface area (Å²) in [7, 11) is 1.83. The van der Waals surface area contributed by atoms with Crippen LogP contribution in [0.4, 0.5) is 4.39 Å². The molecule has 0 fully saturated rings. The van der Waals surface area contributed by atoms with Gasteiger partial charge < -0.3 is 4.57 Å². The molecule has 1 aliphatic carbocycles. The van der Waals surface area contributed by atoms with E-state index in [9.17, 15) is 9.18 Å². The molecule has 0 aromatic carbocycles. The predicted molar refractivity (Wildman–Crippen MR) is 77.9 cm³/mol. The third-order valence-corrected chi connectivity index (χ3v) is 4.12. The van der Waals surface area contributed by atoms with Gasteiger partial charge in [0.15, 0.2) is 11.6 Å². The van der Waals surface area contributed by atoms with Gasteiger partial charge in [0.25, 0.3) is 0 Å². The second-order valence-electron chi connectivity index (χ2n) is 5.27. The van der Waals surface area contributed by atoms with Gasteiger partial charge >= 0.3 is 0 Å². The van der Waals surface area contributed by atoms with Crippen LogP contribution in [0.25, 0.3) is 11.4 Å². The number of ketones is 1. The van der Waals surface area contributed by atoms with Crippen molar-refractivity contribution in [1.29, 1.82) is 0 Å². The average Bonchev–Trinajstić information content (AvgIpc) is 2.76. The predicted octanol–water partition coefficient (Wildman–Crippen LogP) is 3.57. The first kappa shape index (κ1) is 14.2. The Balaban J connectivity index is 2.16. The van der Waals surface area contributed by atoms with Crippen molar-refractivity contribution >= 4 is 17.4 Å². The molecule has 2 aromatic heterocycles. The number of Topliss-reactive ketones (excluding diaryl/α,β-unsaturated/α-hetero) is 1. The minimum Gasteiger partial charge on any atom is -0.346 e. The molecule has 0 saturated carbocycles. The first-order valence-corrected chi connectivity index (χ1v) is 7.36. The van der Waals surface area contributed by atoms with E-state index in [1.807, 2.05) is 11.6 Å². The number of nitrogens with zero attached hydrogens (tertiary/aromatic N) is 3. The van der Waals surface area contributed by atoms with Crippen LogP contribution in [0.2, 0.25) is 5.28 Å². The zero-order valence-electron chi connectivity index (χ0n) is 11.7. The van der Waals surface area contributed by atoms with Gasteiger partial charge in [0.2, 0.25) is 5.28 Å². The largest absolute Gasteiger partial charge is 0.346 e. The van der Waals surface area contributed by atoms with Crippen molar-refractivity contribution in [3.8, 4) is 11.4 Å². The molecule has 1 aliphatic rings. The molecule has 0 atom stereocenters. The summed E-state index contributed by atoms with van der Waals surface area (Å²) in [6.07, 6.45) is 5.40. The molecule has 0 spiro atoms. The SMILES string of the molecule is Cn1c(-c2nc(Cl)ncc2F)cc2c1CCCCCC2=O. The second-order valence-corrected chi connectivity index (χ2v) is 5.61. The van der Waals surface area contributed by atoms with Crippen molar-refractivity contribution in [3.63, 3.8) is 0 Å². The highest BCUT2D eigenvalue weighted by molar-refractivity contribution is 6.28. The van der Waals surface area contributed by atoms with Crippen molar-refractivity contribution in [1.82, 2.24) is 14.5 Å². The Morgan fingerprint density at radius 1 is 1.29 bits per heavy atom. The summed E-state index contributed by atoms with van der Waals surface area (Å²) in [5.41, 5.74) is 2.33. The zero-order chi connectivity index (χ0) is 15.0. The number of rotatable bonds is 1. The standard InChI is InChI=1S/C15H15ClFN3O/c1-20-11-5-3-2-4-6-13(21)9(11)7-12(20)14-10(17)8-18-15(16)19-14/h7-8H,2-6H2,1H3. The summed E-state index contributed by atoms with van der Waals surface area (Å²) in [6.45, 7) is 0. The van der Waals surface area contributed by atoms with E-state index in [4.69, 9.17) is 11.6 Å². The smallest absolute Gasteiger partial charge is 0.223 e. The van der Waals surface area contributed by atoms with E-state index in [1.54, 1.807) is 6.07 Å². The number of carbonyl (C=O) groups excluding carboxylic acids is 1. The molecule has 0 N–H and O–H groups in total. The number of hydrogen-bond donors (Lipinski definition) is 0. The lowest BCUT2D eigenvalue weighted by Gasteiger charge is -2.11. The molecular weight excluding hydrogens is 293 g/mol. The molecule has 0 bridgehead atoms. The first-order valence-electron chi connectivity index (χ1n) is 6.98. The molecule has 2 aromatic rings. The Morgan fingerprint density at radius 3 is 2.86 bits per heavy atom. The Kier molecular flexibility index (Phi) is 3.76. The van der Waals surface area contributed by atoms with Crippen molar-refractivity contribution in [2.75, 3.05) is 0 Å². The topological polar surface area (TPSA) is 47.8 Å². The highest BCUT2D eigenvalue weighted by Crippen LogP contribution is 2.29. The lowest BCUT2D eigenvalue weighted by atomic mass is 9.97. The lowest BCUT2D eigenvalue weighted by molar-refractivity contribution is 0.0976. The Morgan fingerprint density at radius 2 is 2.05 bits per heavy atom. The van der Waals surface area contributed by atoms with Gasteiger partial charge in [-0.2, -0.15) is 0 Å². The summed E-state index contributed by atoms with van der Waals surface area (Å²) in [4.78, 5) is 19.8.